The van der Waals surface area contributed by atoms with E-state index in [-0.39, 0.29) is 5.38 Å². The summed E-state index contributed by atoms with van der Waals surface area (Å²) in [5, 5.41) is 0.804. The largest absolute Gasteiger partial charge is 0.448 e. The molecule has 0 bridgehead atoms. The SMILES string of the molecule is Clc1ccc(C(Cl)Cc2ccccc2Cl)o1. The lowest BCUT2D eigenvalue weighted by molar-refractivity contribution is 0.504. The van der Waals surface area contributed by atoms with Gasteiger partial charge in [0.25, 0.3) is 0 Å². The maximum atomic E-state index is 6.22. The highest BCUT2D eigenvalue weighted by Crippen LogP contribution is 2.30. The summed E-state index contributed by atoms with van der Waals surface area (Å²) in [6.07, 6.45) is 0.616. The fourth-order valence-corrected chi connectivity index (χ4v) is 2.10. The third kappa shape index (κ3) is 2.73. The average Bonchev–Trinajstić information content (AvgIpc) is 2.68. The van der Waals surface area contributed by atoms with Crippen molar-refractivity contribution in [2.45, 2.75) is 11.8 Å². The van der Waals surface area contributed by atoms with Gasteiger partial charge in [-0.25, -0.2) is 0 Å². The molecular formula is C12H9Cl3O. The molecule has 0 spiro atoms. The molecule has 84 valence electrons. The zero-order chi connectivity index (χ0) is 11.5. The smallest absolute Gasteiger partial charge is 0.193 e. The van der Waals surface area contributed by atoms with E-state index in [2.05, 4.69) is 0 Å². The van der Waals surface area contributed by atoms with Crippen molar-refractivity contribution in [1.82, 2.24) is 0 Å². The van der Waals surface area contributed by atoms with E-state index in [1.807, 2.05) is 24.3 Å². The van der Waals surface area contributed by atoms with Crippen molar-refractivity contribution in [3.63, 3.8) is 0 Å². The molecule has 0 aliphatic carbocycles. The topological polar surface area (TPSA) is 13.1 Å². The monoisotopic (exact) mass is 274 g/mol. The van der Waals surface area contributed by atoms with Gasteiger partial charge in [0.2, 0.25) is 0 Å². The lowest BCUT2D eigenvalue weighted by Crippen LogP contribution is -1.94. The Balaban J connectivity index is 2.13. The molecule has 1 aromatic carbocycles. The highest BCUT2D eigenvalue weighted by molar-refractivity contribution is 6.31. The van der Waals surface area contributed by atoms with Gasteiger partial charge in [0, 0.05) is 5.02 Å². The molecule has 1 nitrogen and oxygen atoms in total. The van der Waals surface area contributed by atoms with Crippen LogP contribution in [0.15, 0.2) is 40.8 Å². The Labute approximate surface area is 109 Å². The zero-order valence-electron chi connectivity index (χ0n) is 8.29. The first-order valence-corrected chi connectivity index (χ1v) is 5.99. The number of hydrogen-bond donors (Lipinski definition) is 0. The summed E-state index contributed by atoms with van der Waals surface area (Å²) in [6, 6.07) is 11.1. The van der Waals surface area contributed by atoms with Gasteiger partial charge in [-0.1, -0.05) is 29.8 Å². The van der Waals surface area contributed by atoms with Crippen LogP contribution in [0.2, 0.25) is 10.2 Å². The highest BCUT2D eigenvalue weighted by atomic mass is 35.5. The van der Waals surface area contributed by atoms with Gasteiger partial charge in [-0.2, -0.15) is 0 Å². The van der Waals surface area contributed by atoms with Crippen molar-refractivity contribution in [2.75, 3.05) is 0 Å². The van der Waals surface area contributed by atoms with Gasteiger partial charge in [0.1, 0.15) is 5.76 Å². The van der Waals surface area contributed by atoms with Crippen LogP contribution < -0.4 is 0 Å². The fraction of sp³-hybridized carbons (Fsp3) is 0.167. The summed E-state index contributed by atoms with van der Waals surface area (Å²) < 4.78 is 5.25. The molecule has 0 radical (unpaired) electrons. The second-order valence-corrected chi connectivity index (χ2v) is 4.71. The van der Waals surface area contributed by atoms with Crippen molar-refractivity contribution in [2.24, 2.45) is 0 Å². The fourth-order valence-electron chi connectivity index (χ4n) is 1.45. The number of halogens is 3. The van der Waals surface area contributed by atoms with Gasteiger partial charge in [-0.15, -0.1) is 11.6 Å². The summed E-state index contributed by atoms with van der Waals surface area (Å²) in [5.41, 5.74) is 0.997. The molecule has 0 saturated heterocycles. The van der Waals surface area contributed by atoms with Gasteiger partial charge in [-0.3, -0.25) is 0 Å². The first-order chi connectivity index (χ1) is 7.66. The molecule has 2 rings (SSSR count). The Hall–Kier alpha value is -0.630. The summed E-state index contributed by atoms with van der Waals surface area (Å²) >= 11 is 17.9. The average molecular weight is 276 g/mol. The minimum absolute atomic E-state index is 0.257. The minimum Gasteiger partial charge on any atom is -0.448 e. The van der Waals surface area contributed by atoms with E-state index in [1.165, 1.54) is 0 Å². The summed E-state index contributed by atoms with van der Waals surface area (Å²) in [4.78, 5) is 0. The summed E-state index contributed by atoms with van der Waals surface area (Å²) in [5.74, 6) is 0.659. The molecule has 0 N–H and O–H groups in total. The lowest BCUT2D eigenvalue weighted by Gasteiger charge is -2.07. The van der Waals surface area contributed by atoms with E-state index >= 15 is 0 Å². The first-order valence-electron chi connectivity index (χ1n) is 4.79. The first kappa shape index (κ1) is 11.8. The molecule has 0 saturated carbocycles. The van der Waals surface area contributed by atoms with Crippen molar-refractivity contribution in [3.05, 3.63) is 58.0 Å². The maximum Gasteiger partial charge on any atom is 0.193 e. The van der Waals surface area contributed by atoms with Gasteiger partial charge >= 0.3 is 0 Å². The van der Waals surface area contributed by atoms with Gasteiger partial charge in [0.05, 0.1) is 5.38 Å². The van der Waals surface area contributed by atoms with Crippen LogP contribution in [0.5, 0.6) is 0 Å². The van der Waals surface area contributed by atoms with E-state index in [1.54, 1.807) is 12.1 Å². The quantitative estimate of drug-likeness (QED) is 0.710. The Morgan fingerprint density at radius 2 is 1.81 bits per heavy atom. The molecule has 0 fully saturated rings. The Morgan fingerprint density at radius 3 is 2.44 bits per heavy atom. The Bertz CT molecular complexity index is 479. The molecule has 2 aromatic rings. The van der Waals surface area contributed by atoms with Crippen LogP contribution in [0.1, 0.15) is 16.7 Å². The van der Waals surface area contributed by atoms with Crippen LogP contribution in [0, 0.1) is 0 Å². The molecule has 1 aromatic heterocycles. The second-order valence-electron chi connectivity index (χ2n) is 3.40. The molecular weight excluding hydrogens is 266 g/mol. The number of alkyl halides is 1. The summed E-state index contributed by atoms with van der Waals surface area (Å²) in [6.45, 7) is 0. The van der Waals surface area contributed by atoms with Crippen LogP contribution in [0.25, 0.3) is 0 Å². The van der Waals surface area contributed by atoms with Crippen molar-refractivity contribution >= 4 is 34.8 Å². The third-order valence-corrected chi connectivity index (χ3v) is 3.20. The number of hydrogen-bond acceptors (Lipinski definition) is 1. The number of benzene rings is 1. The molecule has 4 heteroatoms. The zero-order valence-corrected chi connectivity index (χ0v) is 10.6. The molecule has 0 aliphatic heterocycles. The standard InChI is InChI=1S/C12H9Cl3O/c13-9-4-2-1-3-8(9)7-10(14)11-5-6-12(15)16-11/h1-6,10H,7H2. The maximum absolute atomic E-state index is 6.22. The lowest BCUT2D eigenvalue weighted by atomic mass is 10.1. The molecule has 1 atom stereocenters. The van der Waals surface area contributed by atoms with E-state index < -0.39 is 0 Å². The molecule has 1 heterocycles. The summed E-state index contributed by atoms with van der Waals surface area (Å²) in [7, 11) is 0. The predicted molar refractivity (Wildman–Crippen MR) is 67.5 cm³/mol. The second kappa shape index (κ2) is 5.13. The van der Waals surface area contributed by atoms with Gasteiger partial charge < -0.3 is 4.42 Å². The van der Waals surface area contributed by atoms with Crippen molar-refractivity contribution in [3.8, 4) is 0 Å². The predicted octanol–water partition coefficient (Wildman–Crippen LogP) is 5.11. The number of furan rings is 1. The highest BCUT2D eigenvalue weighted by Gasteiger charge is 2.14. The van der Waals surface area contributed by atoms with E-state index in [0.29, 0.717) is 22.4 Å². The van der Waals surface area contributed by atoms with E-state index in [0.717, 1.165) is 5.56 Å². The normalized spacial score (nSPS) is 12.7. The molecule has 0 aliphatic rings. The Morgan fingerprint density at radius 1 is 1.06 bits per heavy atom. The van der Waals surface area contributed by atoms with Gasteiger partial charge in [0.15, 0.2) is 5.22 Å². The van der Waals surface area contributed by atoms with E-state index in [9.17, 15) is 0 Å². The van der Waals surface area contributed by atoms with Crippen molar-refractivity contribution < 1.29 is 4.42 Å². The Kier molecular flexibility index (Phi) is 3.80. The minimum atomic E-state index is -0.257. The third-order valence-electron chi connectivity index (χ3n) is 2.26. The van der Waals surface area contributed by atoms with Gasteiger partial charge in [-0.05, 0) is 41.8 Å². The van der Waals surface area contributed by atoms with E-state index in [4.69, 9.17) is 39.2 Å². The molecule has 1 unspecified atom stereocenters. The molecule has 0 amide bonds. The van der Waals surface area contributed by atoms with Crippen LogP contribution in [-0.2, 0) is 6.42 Å². The van der Waals surface area contributed by atoms with Crippen LogP contribution in [-0.4, -0.2) is 0 Å². The molecule has 16 heavy (non-hydrogen) atoms. The number of rotatable bonds is 3. The van der Waals surface area contributed by atoms with Crippen LogP contribution in [0.4, 0.5) is 0 Å². The van der Waals surface area contributed by atoms with Crippen molar-refractivity contribution in [1.29, 1.82) is 0 Å². The van der Waals surface area contributed by atoms with Crippen LogP contribution in [0.3, 0.4) is 0 Å². The van der Waals surface area contributed by atoms with Crippen LogP contribution >= 0.6 is 34.8 Å².